The van der Waals surface area contributed by atoms with Crippen LogP contribution in [-0.2, 0) is 0 Å². The summed E-state index contributed by atoms with van der Waals surface area (Å²) in [6.45, 7) is 2.86. The average Bonchev–Trinajstić information content (AvgIpc) is 2.62. The summed E-state index contributed by atoms with van der Waals surface area (Å²) in [5.41, 5.74) is 3.27. The van der Waals surface area contributed by atoms with E-state index in [-0.39, 0.29) is 0 Å². The molecule has 1 heterocycles. The number of phenols is 1. The van der Waals surface area contributed by atoms with Gasteiger partial charge in [0.1, 0.15) is 5.75 Å². The van der Waals surface area contributed by atoms with Crippen LogP contribution in [0.1, 0.15) is 24.0 Å². The van der Waals surface area contributed by atoms with Crippen LogP contribution in [0.5, 0.6) is 5.75 Å². The molecule has 13 heavy (non-hydrogen) atoms. The standard InChI is InChI=1S/C11H13NO/c1-8-7-9(4-5-11(8)13)10-3-2-6-12-10/h4-5,7,13H,2-3,6H2,1H3. The Morgan fingerprint density at radius 1 is 1.38 bits per heavy atom. The average molecular weight is 175 g/mol. The van der Waals surface area contributed by atoms with Crippen molar-refractivity contribution in [1.29, 1.82) is 0 Å². The first-order chi connectivity index (χ1) is 6.27. The van der Waals surface area contributed by atoms with E-state index in [9.17, 15) is 5.11 Å². The van der Waals surface area contributed by atoms with Crippen molar-refractivity contribution in [1.82, 2.24) is 0 Å². The van der Waals surface area contributed by atoms with Crippen molar-refractivity contribution in [2.45, 2.75) is 19.8 Å². The van der Waals surface area contributed by atoms with Gasteiger partial charge in [0.05, 0.1) is 0 Å². The molecule has 0 atom stereocenters. The zero-order chi connectivity index (χ0) is 9.26. The lowest BCUT2D eigenvalue weighted by molar-refractivity contribution is 0.471. The van der Waals surface area contributed by atoms with E-state index in [1.165, 1.54) is 5.71 Å². The highest BCUT2D eigenvalue weighted by Crippen LogP contribution is 2.20. The molecule has 1 aromatic carbocycles. The Morgan fingerprint density at radius 3 is 2.85 bits per heavy atom. The summed E-state index contributed by atoms with van der Waals surface area (Å²) in [5.74, 6) is 0.363. The lowest BCUT2D eigenvalue weighted by Crippen LogP contribution is -1.95. The van der Waals surface area contributed by atoms with Crippen molar-refractivity contribution in [2.75, 3.05) is 6.54 Å². The van der Waals surface area contributed by atoms with Gasteiger partial charge >= 0.3 is 0 Å². The third kappa shape index (κ3) is 1.57. The first-order valence-electron chi connectivity index (χ1n) is 4.61. The Morgan fingerprint density at radius 2 is 2.23 bits per heavy atom. The fraction of sp³-hybridized carbons (Fsp3) is 0.364. The van der Waals surface area contributed by atoms with Crippen LogP contribution in [0.4, 0.5) is 0 Å². The third-order valence-corrected chi connectivity index (χ3v) is 2.40. The van der Waals surface area contributed by atoms with Crippen molar-refractivity contribution in [2.24, 2.45) is 4.99 Å². The Balaban J connectivity index is 2.36. The van der Waals surface area contributed by atoms with Crippen LogP contribution >= 0.6 is 0 Å². The van der Waals surface area contributed by atoms with Gasteiger partial charge in [-0.2, -0.15) is 0 Å². The molecule has 0 saturated carbocycles. The lowest BCUT2D eigenvalue weighted by Gasteiger charge is -2.03. The molecule has 0 spiro atoms. The van der Waals surface area contributed by atoms with Gasteiger partial charge in [-0.15, -0.1) is 0 Å². The van der Waals surface area contributed by atoms with Crippen molar-refractivity contribution >= 4 is 5.71 Å². The van der Waals surface area contributed by atoms with Crippen molar-refractivity contribution in [3.63, 3.8) is 0 Å². The molecule has 0 saturated heterocycles. The number of phenolic OH excluding ortho intramolecular Hbond substituents is 1. The predicted molar refractivity (Wildman–Crippen MR) is 53.5 cm³/mol. The third-order valence-electron chi connectivity index (χ3n) is 2.40. The van der Waals surface area contributed by atoms with E-state index in [1.54, 1.807) is 6.07 Å². The molecule has 0 aromatic heterocycles. The Hall–Kier alpha value is -1.31. The van der Waals surface area contributed by atoms with E-state index < -0.39 is 0 Å². The SMILES string of the molecule is Cc1cc(C2=NCCC2)ccc1O. The normalized spacial score (nSPS) is 15.9. The van der Waals surface area contributed by atoms with Crippen LogP contribution in [0.2, 0.25) is 0 Å². The predicted octanol–water partition coefficient (Wildman–Crippen LogP) is 2.28. The first-order valence-corrected chi connectivity index (χ1v) is 4.61. The molecule has 68 valence electrons. The second-order valence-corrected chi connectivity index (χ2v) is 3.43. The fourth-order valence-corrected chi connectivity index (χ4v) is 1.61. The van der Waals surface area contributed by atoms with E-state index in [2.05, 4.69) is 4.99 Å². The lowest BCUT2D eigenvalue weighted by atomic mass is 10.0. The van der Waals surface area contributed by atoms with E-state index in [0.717, 1.165) is 30.5 Å². The highest BCUT2D eigenvalue weighted by molar-refractivity contribution is 6.01. The number of aryl methyl sites for hydroxylation is 1. The number of nitrogens with zero attached hydrogens (tertiary/aromatic N) is 1. The molecular formula is C11H13NO. The maximum Gasteiger partial charge on any atom is 0.118 e. The molecule has 0 amide bonds. The fourth-order valence-electron chi connectivity index (χ4n) is 1.61. The van der Waals surface area contributed by atoms with Crippen LogP contribution in [0, 0.1) is 6.92 Å². The Bertz CT molecular complexity index is 355. The second kappa shape index (κ2) is 3.21. The van der Waals surface area contributed by atoms with E-state index in [4.69, 9.17) is 0 Å². The van der Waals surface area contributed by atoms with Crippen LogP contribution in [0.25, 0.3) is 0 Å². The molecule has 0 aliphatic carbocycles. The molecule has 0 bridgehead atoms. The Labute approximate surface area is 77.9 Å². The molecule has 2 nitrogen and oxygen atoms in total. The molecule has 0 unspecified atom stereocenters. The molecule has 1 aromatic rings. The van der Waals surface area contributed by atoms with E-state index >= 15 is 0 Å². The molecule has 2 heteroatoms. The summed E-state index contributed by atoms with van der Waals surface area (Å²) < 4.78 is 0. The van der Waals surface area contributed by atoms with Crippen molar-refractivity contribution in [3.8, 4) is 5.75 Å². The number of benzene rings is 1. The van der Waals surface area contributed by atoms with Gasteiger partial charge < -0.3 is 5.11 Å². The zero-order valence-corrected chi connectivity index (χ0v) is 7.75. The quantitative estimate of drug-likeness (QED) is 0.697. The highest BCUT2D eigenvalue weighted by atomic mass is 16.3. The van der Waals surface area contributed by atoms with Gasteiger partial charge in [-0.1, -0.05) is 0 Å². The van der Waals surface area contributed by atoms with E-state index in [1.807, 2.05) is 19.1 Å². The van der Waals surface area contributed by atoms with Gasteiger partial charge in [-0.05, 0) is 49.1 Å². The number of aromatic hydroxyl groups is 1. The smallest absolute Gasteiger partial charge is 0.118 e. The minimum atomic E-state index is 0.363. The Kier molecular flexibility index (Phi) is 2.05. The minimum Gasteiger partial charge on any atom is -0.508 e. The summed E-state index contributed by atoms with van der Waals surface area (Å²) in [4.78, 5) is 4.41. The highest BCUT2D eigenvalue weighted by Gasteiger charge is 2.09. The van der Waals surface area contributed by atoms with Crippen LogP contribution in [-0.4, -0.2) is 17.4 Å². The maximum absolute atomic E-state index is 9.35. The van der Waals surface area contributed by atoms with Crippen LogP contribution in [0.15, 0.2) is 23.2 Å². The van der Waals surface area contributed by atoms with E-state index in [0.29, 0.717) is 5.75 Å². The van der Waals surface area contributed by atoms with Crippen molar-refractivity contribution < 1.29 is 5.11 Å². The monoisotopic (exact) mass is 175 g/mol. The molecular weight excluding hydrogens is 162 g/mol. The van der Waals surface area contributed by atoms with Crippen LogP contribution in [0.3, 0.4) is 0 Å². The van der Waals surface area contributed by atoms with Gasteiger partial charge in [-0.25, -0.2) is 0 Å². The summed E-state index contributed by atoms with van der Waals surface area (Å²) in [6.07, 6.45) is 2.24. The maximum atomic E-state index is 9.35. The van der Waals surface area contributed by atoms with Gasteiger partial charge in [0.15, 0.2) is 0 Å². The molecule has 2 rings (SSSR count). The second-order valence-electron chi connectivity index (χ2n) is 3.43. The zero-order valence-electron chi connectivity index (χ0n) is 7.75. The summed E-state index contributed by atoms with van der Waals surface area (Å²) in [5, 5.41) is 9.35. The number of rotatable bonds is 1. The number of hydrogen-bond acceptors (Lipinski definition) is 2. The topological polar surface area (TPSA) is 32.6 Å². The first kappa shape index (κ1) is 8.30. The molecule has 1 aliphatic rings. The molecule has 1 N–H and O–H groups in total. The molecule has 0 fully saturated rings. The van der Waals surface area contributed by atoms with Gasteiger partial charge in [-0.3, -0.25) is 4.99 Å². The van der Waals surface area contributed by atoms with Crippen LogP contribution < -0.4 is 0 Å². The summed E-state index contributed by atoms with van der Waals surface area (Å²) in [7, 11) is 0. The number of aliphatic imine (C=N–C) groups is 1. The molecule has 1 aliphatic heterocycles. The largest absolute Gasteiger partial charge is 0.508 e. The van der Waals surface area contributed by atoms with Crippen molar-refractivity contribution in [3.05, 3.63) is 29.3 Å². The summed E-state index contributed by atoms with van der Waals surface area (Å²) in [6, 6.07) is 5.68. The molecule has 0 radical (unpaired) electrons. The van der Waals surface area contributed by atoms with Gasteiger partial charge in [0, 0.05) is 12.3 Å². The van der Waals surface area contributed by atoms with Gasteiger partial charge in [0.2, 0.25) is 0 Å². The number of hydrogen-bond donors (Lipinski definition) is 1. The summed E-state index contributed by atoms with van der Waals surface area (Å²) >= 11 is 0. The minimum absolute atomic E-state index is 0.363. The van der Waals surface area contributed by atoms with Gasteiger partial charge in [0.25, 0.3) is 0 Å².